The van der Waals surface area contributed by atoms with E-state index >= 15 is 0 Å². The maximum atomic E-state index is 7.06. The molecule has 0 aliphatic rings. The normalized spacial score (nSPS) is 12.0. The topological polar surface area (TPSA) is 56.7 Å². The monoisotopic (exact) mass is 720 g/mol. The second kappa shape index (κ2) is 11.7. The number of hydrogen-bond acceptors (Lipinski definition) is 5. The van der Waals surface area contributed by atoms with E-state index < -0.39 is 0 Å². The number of hydrogen-bond donors (Lipinski definition) is 0. The van der Waals surface area contributed by atoms with Gasteiger partial charge in [-0.3, -0.25) is 0 Å². The SMILES string of the molecule is c1ccc(-c2nc(-c3ccccc3)nc(-c3cc4oc5c(-n6c7ccccc7c7cc8sc9ccccc9c8cc76)cccc5c4c4ccccc34)n2)cc1. The van der Waals surface area contributed by atoms with E-state index in [0.29, 0.717) is 17.5 Å². The van der Waals surface area contributed by atoms with Crippen molar-refractivity contribution < 1.29 is 4.42 Å². The molecule has 4 heterocycles. The highest BCUT2D eigenvalue weighted by atomic mass is 32.1. The van der Waals surface area contributed by atoms with Crippen molar-refractivity contribution in [2.75, 3.05) is 0 Å². The van der Waals surface area contributed by atoms with E-state index in [9.17, 15) is 0 Å². The van der Waals surface area contributed by atoms with Gasteiger partial charge < -0.3 is 8.98 Å². The van der Waals surface area contributed by atoms with Crippen molar-refractivity contribution in [3.8, 4) is 39.9 Å². The van der Waals surface area contributed by atoms with Gasteiger partial charge in [-0.25, -0.2) is 15.0 Å². The first-order chi connectivity index (χ1) is 27.3. The van der Waals surface area contributed by atoms with Gasteiger partial charge in [0, 0.05) is 58.4 Å². The van der Waals surface area contributed by atoms with Crippen LogP contribution in [0.4, 0.5) is 0 Å². The molecule has 256 valence electrons. The summed E-state index contributed by atoms with van der Waals surface area (Å²) in [4.78, 5) is 15.2. The molecule has 0 saturated carbocycles. The minimum atomic E-state index is 0.598. The summed E-state index contributed by atoms with van der Waals surface area (Å²) in [7, 11) is 0. The van der Waals surface area contributed by atoms with Gasteiger partial charge in [0.2, 0.25) is 0 Å². The molecule has 0 radical (unpaired) electrons. The summed E-state index contributed by atoms with van der Waals surface area (Å²) in [6, 6.07) is 59.5. The van der Waals surface area contributed by atoms with Crippen LogP contribution in [-0.2, 0) is 0 Å². The molecule has 12 rings (SSSR count). The maximum Gasteiger partial charge on any atom is 0.164 e. The molecule has 0 aliphatic carbocycles. The minimum Gasteiger partial charge on any atom is -0.454 e. The standard InChI is InChI=1S/C49H28N4OS/c1-3-14-29(15-4-1)47-50-48(30-16-5-2-6-17-30)52-49(51-47)38-27-42-45(34-21-8-7-18-31(34)38)35-22-13-24-40(46(35)54-42)53-39-23-11-9-19-32(39)36-28-44-37(26-41(36)53)33-20-10-12-25-43(33)55-44/h1-28H. The highest BCUT2D eigenvalue weighted by Crippen LogP contribution is 2.45. The quantitative estimate of drug-likeness (QED) is 0.182. The first kappa shape index (κ1) is 30.3. The van der Waals surface area contributed by atoms with Crippen LogP contribution >= 0.6 is 11.3 Å². The van der Waals surface area contributed by atoms with E-state index in [0.717, 1.165) is 66.1 Å². The number of thiophene rings is 1. The Morgan fingerprint density at radius 2 is 1.04 bits per heavy atom. The fourth-order valence-electron chi connectivity index (χ4n) is 8.38. The van der Waals surface area contributed by atoms with Gasteiger partial charge in [-0.1, -0.05) is 133 Å². The van der Waals surface area contributed by atoms with Gasteiger partial charge in [0.15, 0.2) is 23.1 Å². The molecule has 0 fully saturated rings. The van der Waals surface area contributed by atoms with Crippen molar-refractivity contribution in [3.05, 3.63) is 170 Å². The van der Waals surface area contributed by atoms with Gasteiger partial charge in [0.25, 0.3) is 0 Å². The summed E-state index contributed by atoms with van der Waals surface area (Å²) >= 11 is 1.85. The predicted molar refractivity (Wildman–Crippen MR) is 228 cm³/mol. The molecule has 0 aliphatic heterocycles. The Balaban J connectivity index is 1.14. The summed E-state index contributed by atoms with van der Waals surface area (Å²) < 4.78 is 12.0. The summed E-state index contributed by atoms with van der Waals surface area (Å²) in [5.74, 6) is 1.85. The number of fused-ring (bicyclic) bond motifs is 11. The van der Waals surface area contributed by atoms with Crippen molar-refractivity contribution >= 4 is 86.0 Å². The van der Waals surface area contributed by atoms with Crippen LogP contribution in [0.3, 0.4) is 0 Å². The fourth-order valence-corrected chi connectivity index (χ4v) is 9.51. The predicted octanol–water partition coefficient (Wildman–Crippen LogP) is 13.4. The van der Waals surface area contributed by atoms with E-state index in [1.54, 1.807) is 0 Å². The highest BCUT2D eigenvalue weighted by Gasteiger charge is 2.22. The van der Waals surface area contributed by atoms with E-state index in [4.69, 9.17) is 19.4 Å². The first-order valence-corrected chi connectivity index (χ1v) is 19.2. The number of para-hydroxylation sites is 2. The lowest BCUT2D eigenvalue weighted by molar-refractivity contribution is 0.666. The molecule has 0 amide bonds. The van der Waals surface area contributed by atoms with Crippen LogP contribution in [0.1, 0.15) is 0 Å². The second-order valence-electron chi connectivity index (χ2n) is 14.0. The molecule has 0 atom stereocenters. The zero-order valence-electron chi connectivity index (χ0n) is 29.3. The van der Waals surface area contributed by atoms with Crippen molar-refractivity contribution in [1.82, 2.24) is 19.5 Å². The Kier molecular flexibility index (Phi) is 6.44. The molecule has 5 nitrogen and oxygen atoms in total. The second-order valence-corrected chi connectivity index (χ2v) is 15.0. The van der Waals surface area contributed by atoms with Gasteiger partial charge in [0.05, 0.1) is 16.7 Å². The molecule has 4 aromatic heterocycles. The molecule has 0 N–H and O–H groups in total. The van der Waals surface area contributed by atoms with Crippen LogP contribution in [0.25, 0.3) is 115 Å². The average Bonchev–Trinajstić information content (AvgIpc) is 3.92. The Hall–Kier alpha value is -7.15. The largest absolute Gasteiger partial charge is 0.454 e. The molecule has 0 saturated heterocycles. The highest BCUT2D eigenvalue weighted by molar-refractivity contribution is 7.25. The summed E-state index contributed by atoms with van der Waals surface area (Å²) in [6.45, 7) is 0. The first-order valence-electron chi connectivity index (χ1n) is 18.4. The Morgan fingerprint density at radius 3 is 1.80 bits per heavy atom. The van der Waals surface area contributed by atoms with Crippen LogP contribution in [0.15, 0.2) is 174 Å². The van der Waals surface area contributed by atoms with E-state index in [2.05, 4.69) is 114 Å². The van der Waals surface area contributed by atoms with Crippen molar-refractivity contribution in [2.45, 2.75) is 0 Å². The van der Waals surface area contributed by atoms with Crippen LogP contribution in [0.5, 0.6) is 0 Å². The van der Waals surface area contributed by atoms with Crippen LogP contribution in [0.2, 0.25) is 0 Å². The average molecular weight is 721 g/mol. The Morgan fingerprint density at radius 1 is 0.418 bits per heavy atom. The molecule has 8 aromatic carbocycles. The zero-order valence-corrected chi connectivity index (χ0v) is 30.1. The lowest BCUT2D eigenvalue weighted by Gasteiger charge is -2.11. The third-order valence-corrected chi connectivity index (χ3v) is 12.0. The van der Waals surface area contributed by atoms with Crippen LogP contribution < -0.4 is 0 Å². The number of aromatic nitrogens is 4. The van der Waals surface area contributed by atoms with Gasteiger partial charge in [-0.15, -0.1) is 11.3 Å². The van der Waals surface area contributed by atoms with Gasteiger partial charge in [-0.2, -0.15) is 0 Å². The van der Waals surface area contributed by atoms with Crippen molar-refractivity contribution in [3.63, 3.8) is 0 Å². The smallest absolute Gasteiger partial charge is 0.164 e. The maximum absolute atomic E-state index is 7.06. The fraction of sp³-hybridized carbons (Fsp3) is 0. The molecule has 0 unspecified atom stereocenters. The van der Waals surface area contributed by atoms with Crippen LogP contribution in [0, 0.1) is 0 Å². The summed E-state index contributed by atoms with van der Waals surface area (Å²) in [5, 5.41) is 9.28. The van der Waals surface area contributed by atoms with Gasteiger partial charge >= 0.3 is 0 Å². The lowest BCUT2D eigenvalue weighted by atomic mass is 9.98. The molecule has 0 bridgehead atoms. The minimum absolute atomic E-state index is 0.598. The Labute approximate surface area is 318 Å². The van der Waals surface area contributed by atoms with E-state index in [-0.39, 0.29) is 0 Å². The summed E-state index contributed by atoms with van der Waals surface area (Å²) in [5.41, 5.74) is 7.68. The Bertz CT molecular complexity index is 3430. The number of nitrogens with zero attached hydrogens (tertiary/aromatic N) is 4. The van der Waals surface area contributed by atoms with Crippen molar-refractivity contribution in [1.29, 1.82) is 0 Å². The van der Waals surface area contributed by atoms with Crippen molar-refractivity contribution in [2.24, 2.45) is 0 Å². The molecule has 6 heteroatoms. The summed E-state index contributed by atoms with van der Waals surface area (Å²) in [6.07, 6.45) is 0. The molecule has 55 heavy (non-hydrogen) atoms. The lowest BCUT2D eigenvalue weighted by Crippen LogP contribution is -2.00. The van der Waals surface area contributed by atoms with Gasteiger partial charge in [-0.05, 0) is 47.2 Å². The molecular weight excluding hydrogens is 693 g/mol. The molecule has 12 aromatic rings. The van der Waals surface area contributed by atoms with Crippen LogP contribution in [-0.4, -0.2) is 19.5 Å². The number of benzene rings is 8. The number of rotatable bonds is 4. The molecule has 0 spiro atoms. The van der Waals surface area contributed by atoms with E-state index in [1.165, 1.54) is 30.9 Å². The third-order valence-electron chi connectivity index (χ3n) is 10.8. The molecular formula is C49H28N4OS. The zero-order chi connectivity index (χ0) is 36.0. The number of furan rings is 1. The van der Waals surface area contributed by atoms with E-state index in [1.807, 2.05) is 72.0 Å². The third kappa shape index (κ3) is 4.55. The van der Waals surface area contributed by atoms with Gasteiger partial charge in [0.1, 0.15) is 5.58 Å².